The zero-order valence-corrected chi connectivity index (χ0v) is 15.9. The summed E-state index contributed by atoms with van der Waals surface area (Å²) in [5.41, 5.74) is 10.5. The van der Waals surface area contributed by atoms with Gasteiger partial charge in [-0.2, -0.15) is 9.61 Å². The van der Waals surface area contributed by atoms with E-state index in [1.807, 2.05) is 13.0 Å². The van der Waals surface area contributed by atoms with Gasteiger partial charge in [-0.1, -0.05) is 42.5 Å². The Morgan fingerprint density at radius 1 is 1.07 bits per heavy atom. The fourth-order valence-electron chi connectivity index (χ4n) is 3.97. The van der Waals surface area contributed by atoms with Crippen LogP contribution in [0.25, 0.3) is 16.4 Å². The minimum absolute atomic E-state index is 0.610. The zero-order valence-electron chi connectivity index (χ0n) is 15.9. The summed E-state index contributed by atoms with van der Waals surface area (Å²) in [6.45, 7) is 5.12. The highest BCUT2D eigenvalue weighted by molar-refractivity contribution is 5.86. The van der Waals surface area contributed by atoms with E-state index in [0.717, 1.165) is 42.2 Å². The fraction of sp³-hybridized carbons (Fsp3) is 0.273. The van der Waals surface area contributed by atoms with E-state index in [2.05, 4.69) is 52.5 Å². The molecule has 6 heteroatoms. The van der Waals surface area contributed by atoms with Crippen LogP contribution < -0.4 is 10.6 Å². The van der Waals surface area contributed by atoms with Crippen LogP contribution >= 0.6 is 0 Å². The molecule has 3 heterocycles. The molecule has 0 radical (unpaired) electrons. The summed E-state index contributed by atoms with van der Waals surface area (Å²) in [5.74, 6) is 1.51. The molecule has 5 rings (SSSR count). The Kier molecular flexibility index (Phi) is 4.13. The topological polar surface area (TPSA) is 68.7 Å². The number of anilines is 2. The first-order valence-corrected chi connectivity index (χ1v) is 9.65. The Balaban J connectivity index is 1.62. The van der Waals surface area contributed by atoms with Crippen LogP contribution in [0.2, 0.25) is 0 Å². The molecular formula is C22H23N5O. The quantitative estimate of drug-likeness (QED) is 0.597. The van der Waals surface area contributed by atoms with Gasteiger partial charge in [0.15, 0.2) is 5.65 Å². The largest absolute Gasteiger partial charge is 0.383 e. The number of morpholine rings is 1. The minimum Gasteiger partial charge on any atom is -0.383 e. The van der Waals surface area contributed by atoms with Gasteiger partial charge < -0.3 is 15.4 Å². The summed E-state index contributed by atoms with van der Waals surface area (Å²) < 4.78 is 7.23. The van der Waals surface area contributed by atoms with Crippen molar-refractivity contribution in [2.75, 3.05) is 36.9 Å². The third-order valence-corrected chi connectivity index (χ3v) is 5.48. The lowest BCUT2D eigenvalue weighted by Gasteiger charge is -2.28. The number of fused-ring (bicyclic) bond motifs is 2. The normalized spacial score (nSPS) is 14.8. The molecule has 0 amide bonds. The van der Waals surface area contributed by atoms with E-state index < -0.39 is 0 Å². The van der Waals surface area contributed by atoms with Crippen molar-refractivity contribution in [1.82, 2.24) is 14.6 Å². The van der Waals surface area contributed by atoms with Gasteiger partial charge in [-0.3, -0.25) is 0 Å². The maximum atomic E-state index is 6.33. The molecule has 2 N–H and O–H groups in total. The second-order valence-corrected chi connectivity index (χ2v) is 7.25. The standard InChI is InChI=1S/C22H23N5O/c1-15-19(13-17-7-4-6-16-5-2-3-8-18(16)17)22-24-21(14-20(23)27(22)25-15)26-9-11-28-12-10-26/h2-8,14H,9-13,23H2,1H3. The van der Waals surface area contributed by atoms with E-state index in [4.69, 9.17) is 15.5 Å². The van der Waals surface area contributed by atoms with Gasteiger partial charge in [-0.15, -0.1) is 0 Å². The van der Waals surface area contributed by atoms with Gasteiger partial charge in [0.2, 0.25) is 0 Å². The molecule has 0 unspecified atom stereocenters. The van der Waals surface area contributed by atoms with Gasteiger partial charge in [0.25, 0.3) is 0 Å². The number of nitrogens with zero attached hydrogens (tertiary/aromatic N) is 4. The molecule has 0 spiro atoms. The predicted molar refractivity (Wildman–Crippen MR) is 112 cm³/mol. The average molecular weight is 373 g/mol. The van der Waals surface area contributed by atoms with Gasteiger partial charge in [0, 0.05) is 31.1 Å². The maximum absolute atomic E-state index is 6.33. The minimum atomic E-state index is 0.610. The molecule has 0 saturated carbocycles. The van der Waals surface area contributed by atoms with E-state index in [0.29, 0.717) is 19.0 Å². The van der Waals surface area contributed by atoms with Crippen LogP contribution in [-0.2, 0) is 11.2 Å². The molecule has 1 saturated heterocycles. The van der Waals surface area contributed by atoms with Crippen molar-refractivity contribution in [3.05, 3.63) is 65.4 Å². The average Bonchev–Trinajstić information content (AvgIpc) is 3.05. The highest BCUT2D eigenvalue weighted by Gasteiger charge is 2.19. The molecule has 6 nitrogen and oxygen atoms in total. The number of hydrogen-bond donors (Lipinski definition) is 1. The van der Waals surface area contributed by atoms with Crippen molar-refractivity contribution in [3.8, 4) is 0 Å². The molecule has 1 aliphatic heterocycles. The molecule has 0 bridgehead atoms. The van der Waals surface area contributed by atoms with Gasteiger partial charge in [0.1, 0.15) is 11.6 Å². The Bertz CT molecular complexity index is 1160. The van der Waals surface area contributed by atoms with Crippen LogP contribution in [0.15, 0.2) is 48.5 Å². The summed E-state index contributed by atoms with van der Waals surface area (Å²) in [5, 5.41) is 7.17. The van der Waals surface area contributed by atoms with E-state index in [1.165, 1.54) is 16.3 Å². The monoisotopic (exact) mass is 373 g/mol. The van der Waals surface area contributed by atoms with E-state index in [9.17, 15) is 0 Å². The number of ether oxygens (including phenoxy) is 1. The Morgan fingerprint density at radius 2 is 1.86 bits per heavy atom. The molecule has 2 aromatic heterocycles. The summed E-state index contributed by atoms with van der Waals surface area (Å²) in [6.07, 6.45) is 0.774. The lowest BCUT2D eigenvalue weighted by molar-refractivity contribution is 0.122. The number of rotatable bonds is 3. The van der Waals surface area contributed by atoms with Crippen LogP contribution in [0, 0.1) is 6.92 Å². The highest BCUT2D eigenvalue weighted by Crippen LogP contribution is 2.27. The van der Waals surface area contributed by atoms with E-state index in [1.54, 1.807) is 4.52 Å². The molecule has 142 valence electrons. The van der Waals surface area contributed by atoms with Gasteiger partial charge in [0.05, 0.1) is 18.9 Å². The first-order valence-electron chi connectivity index (χ1n) is 9.65. The Hall–Kier alpha value is -3.12. The smallest absolute Gasteiger partial charge is 0.163 e. The highest BCUT2D eigenvalue weighted by atomic mass is 16.5. The van der Waals surface area contributed by atoms with Crippen molar-refractivity contribution in [3.63, 3.8) is 0 Å². The van der Waals surface area contributed by atoms with Crippen LogP contribution in [0.5, 0.6) is 0 Å². The molecule has 2 aromatic carbocycles. The lowest BCUT2D eigenvalue weighted by Crippen LogP contribution is -2.36. The number of aromatic nitrogens is 3. The third kappa shape index (κ3) is 2.86. The van der Waals surface area contributed by atoms with Crippen molar-refractivity contribution in [2.45, 2.75) is 13.3 Å². The first-order chi connectivity index (χ1) is 13.7. The van der Waals surface area contributed by atoms with Crippen molar-refractivity contribution in [2.24, 2.45) is 0 Å². The molecule has 0 atom stereocenters. The van der Waals surface area contributed by atoms with Gasteiger partial charge in [-0.25, -0.2) is 4.98 Å². The molecular weight excluding hydrogens is 350 g/mol. The first kappa shape index (κ1) is 17.0. The SMILES string of the molecule is Cc1nn2c(N)cc(N3CCOCC3)nc2c1Cc1cccc2ccccc12. The van der Waals surface area contributed by atoms with Gasteiger partial charge in [-0.05, 0) is 23.3 Å². The summed E-state index contributed by atoms with van der Waals surface area (Å²) >= 11 is 0. The lowest BCUT2D eigenvalue weighted by atomic mass is 9.98. The van der Waals surface area contributed by atoms with E-state index >= 15 is 0 Å². The number of aryl methyl sites for hydroxylation is 1. The summed E-state index contributed by atoms with van der Waals surface area (Å²) in [4.78, 5) is 7.17. The van der Waals surface area contributed by atoms with Crippen molar-refractivity contribution in [1.29, 1.82) is 0 Å². The number of nitrogens with two attached hydrogens (primary N) is 1. The molecule has 1 aliphatic rings. The third-order valence-electron chi connectivity index (χ3n) is 5.48. The maximum Gasteiger partial charge on any atom is 0.163 e. The number of benzene rings is 2. The molecule has 1 fully saturated rings. The fourth-order valence-corrected chi connectivity index (χ4v) is 3.97. The summed E-state index contributed by atoms with van der Waals surface area (Å²) in [6, 6.07) is 16.8. The van der Waals surface area contributed by atoms with E-state index in [-0.39, 0.29) is 0 Å². The van der Waals surface area contributed by atoms with Gasteiger partial charge >= 0.3 is 0 Å². The van der Waals surface area contributed by atoms with Crippen LogP contribution in [0.4, 0.5) is 11.6 Å². The van der Waals surface area contributed by atoms with Crippen LogP contribution in [0.3, 0.4) is 0 Å². The second kappa shape index (κ2) is 6.80. The summed E-state index contributed by atoms with van der Waals surface area (Å²) in [7, 11) is 0. The molecule has 0 aliphatic carbocycles. The number of nitrogen functional groups attached to an aromatic ring is 1. The molecule has 28 heavy (non-hydrogen) atoms. The second-order valence-electron chi connectivity index (χ2n) is 7.25. The van der Waals surface area contributed by atoms with Crippen LogP contribution in [-0.4, -0.2) is 40.9 Å². The number of hydrogen-bond acceptors (Lipinski definition) is 5. The van der Waals surface area contributed by atoms with Crippen LogP contribution in [0.1, 0.15) is 16.8 Å². The molecule has 4 aromatic rings. The Morgan fingerprint density at radius 3 is 2.71 bits per heavy atom. The van der Waals surface area contributed by atoms with Crippen molar-refractivity contribution >= 4 is 28.1 Å². The predicted octanol–water partition coefficient (Wildman–Crippen LogP) is 3.20. The zero-order chi connectivity index (χ0) is 19.1. The Labute approximate surface area is 163 Å². The van der Waals surface area contributed by atoms with Crippen molar-refractivity contribution < 1.29 is 4.74 Å².